The summed E-state index contributed by atoms with van der Waals surface area (Å²) in [5, 5.41) is 4.89. The van der Waals surface area contributed by atoms with Crippen molar-refractivity contribution in [2.45, 2.75) is 19.4 Å². The van der Waals surface area contributed by atoms with Crippen LogP contribution in [0.5, 0.6) is 0 Å². The van der Waals surface area contributed by atoms with Gasteiger partial charge in [-0.3, -0.25) is 10.1 Å². The minimum Gasteiger partial charge on any atom is -0.351 e. The Labute approximate surface area is 105 Å². The van der Waals surface area contributed by atoms with Gasteiger partial charge in [0.1, 0.15) is 5.82 Å². The summed E-state index contributed by atoms with van der Waals surface area (Å²) < 4.78 is 12.9. The van der Waals surface area contributed by atoms with Crippen molar-refractivity contribution in [3.8, 4) is 0 Å². The molecule has 0 spiro atoms. The van der Waals surface area contributed by atoms with Gasteiger partial charge in [-0.1, -0.05) is 12.1 Å². The van der Waals surface area contributed by atoms with Gasteiger partial charge in [0.25, 0.3) is 0 Å². The highest BCUT2D eigenvalue weighted by Crippen LogP contribution is 2.03. The van der Waals surface area contributed by atoms with E-state index in [-0.39, 0.29) is 5.82 Å². The van der Waals surface area contributed by atoms with Crippen molar-refractivity contribution in [1.82, 2.24) is 10.6 Å². The van der Waals surface area contributed by atoms with Gasteiger partial charge in [-0.2, -0.15) is 0 Å². The minimum atomic E-state index is -0.876. The summed E-state index contributed by atoms with van der Waals surface area (Å²) in [4.78, 5) is 21.8. The first-order chi connectivity index (χ1) is 8.49. The molecular formula is C12H16FN3O2. The molecular weight excluding hydrogens is 237 g/mol. The van der Waals surface area contributed by atoms with Crippen LogP contribution in [0.3, 0.4) is 0 Å². The van der Waals surface area contributed by atoms with Crippen LogP contribution < -0.4 is 16.4 Å². The number of primary amides is 1. The molecule has 0 fully saturated rings. The Morgan fingerprint density at radius 3 is 2.78 bits per heavy atom. The van der Waals surface area contributed by atoms with E-state index >= 15 is 0 Å². The largest absolute Gasteiger partial charge is 0.351 e. The number of carbonyl (C=O) groups is 2. The summed E-state index contributed by atoms with van der Waals surface area (Å²) in [5.41, 5.74) is 5.67. The van der Waals surface area contributed by atoms with Gasteiger partial charge in [-0.05, 0) is 37.6 Å². The Morgan fingerprint density at radius 2 is 2.17 bits per heavy atom. The van der Waals surface area contributed by atoms with Gasteiger partial charge < -0.3 is 11.1 Å². The molecule has 1 atom stereocenters. The highest BCUT2D eigenvalue weighted by Gasteiger charge is 2.12. The van der Waals surface area contributed by atoms with Gasteiger partial charge in [0.05, 0.1) is 6.04 Å². The molecule has 1 unspecified atom stereocenters. The summed E-state index contributed by atoms with van der Waals surface area (Å²) >= 11 is 0. The quantitative estimate of drug-likeness (QED) is 0.716. The van der Waals surface area contributed by atoms with E-state index in [9.17, 15) is 14.0 Å². The lowest BCUT2D eigenvalue weighted by Gasteiger charge is -2.12. The number of amides is 3. The molecule has 1 aromatic carbocycles. The molecule has 0 aromatic heterocycles. The predicted octanol–water partition coefficient (Wildman–Crippen LogP) is 0.541. The Balaban J connectivity index is 2.33. The Hall–Kier alpha value is -1.95. The fraction of sp³-hybridized carbons (Fsp3) is 0.333. The lowest BCUT2D eigenvalue weighted by atomic mass is 10.1. The van der Waals surface area contributed by atoms with Crippen molar-refractivity contribution in [3.05, 3.63) is 35.6 Å². The number of carbonyl (C=O) groups excluding carboxylic acids is 2. The zero-order valence-corrected chi connectivity index (χ0v) is 10.1. The molecule has 6 heteroatoms. The number of urea groups is 1. The first-order valence-electron chi connectivity index (χ1n) is 5.57. The van der Waals surface area contributed by atoms with Gasteiger partial charge in [0.2, 0.25) is 5.91 Å². The molecule has 4 N–H and O–H groups in total. The van der Waals surface area contributed by atoms with Crippen molar-refractivity contribution in [1.29, 1.82) is 0 Å². The molecule has 0 aliphatic rings. The molecule has 0 bridgehead atoms. The fourth-order valence-electron chi connectivity index (χ4n) is 1.45. The van der Waals surface area contributed by atoms with E-state index < -0.39 is 18.0 Å². The average Bonchev–Trinajstić information content (AvgIpc) is 2.28. The first kappa shape index (κ1) is 14.1. The van der Waals surface area contributed by atoms with Crippen molar-refractivity contribution in [3.63, 3.8) is 0 Å². The monoisotopic (exact) mass is 253 g/mol. The van der Waals surface area contributed by atoms with Gasteiger partial charge in [-0.25, -0.2) is 9.18 Å². The van der Waals surface area contributed by atoms with Crippen LogP contribution in [0.1, 0.15) is 12.5 Å². The standard InChI is InChI=1S/C12H16FN3O2/c1-8(11(17)16-12(14)18)15-6-5-9-3-2-4-10(13)7-9/h2-4,7-8,15H,5-6H2,1H3,(H3,14,16,17,18). The summed E-state index contributed by atoms with van der Waals surface area (Å²) in [6.45, 7) is 2.11. The van der Waals surface area contributed by atoms with E-state index in [2.05, 4.69) is 5.32 Å². The molecule has 3 amide bonds. The number of rotatable bonds is 5. The van der Waals surface area contributed by atoms with Crippen LogP contribution in [0.15, 0.2) is 24.3 Å². The van der Waals surface area contributed by atoms with Crippen LogP contribution in [0, 0.1) is 5.82 Å². The molecule has 0 saturated heterocycles. The molecule has 1 rings (SSSR count). The molecule has 0 heterocycles. The number of hydrogen-bond donors (Lipinski definition) is 3. The van der Waals surface area contributed by atoms with Gasteiger partial charge in [0, 0.05) is 0 Å². The maximum Gasteiger partial charge on any atom is 0.318 e. The second-order valence-electron chi connectivity index (χ2n) is 3.91. The Bertz CT molecular complexity index is 437. The van der Waals surface area contributed by atoms with E-state index in [4.69, 9.17) is 5.73 Å². The lowest BCUT2D eigenvalue weighted by Crippen LogP contribution is -2.46. The van der Waals surface area contributed by atoms with Crippen LogP contribution in [-0.2, 0) is 11.2 Å². The van der Waals surface area contributed by atoms with Crippen LogP contribution in [0.25, 0.3) is 0 Å². The molecule has 1 aromatic rings. The number of imide groups is 1. The van der Waals surface area contributed by atoms with Crippen molar-refractivity contribution < 1.29 is 14.0 Å². The SMILES string of the molecule is CC(NCCc1cccc(F)c1)C(=O)NC(N)=O. The Morgan fingerprint density at radius 1 is 1.44 bits per heavy atom. The maximum absolute atomic E-state index is 12.9. The minimum absolute atomic E-state index is 0.285. The average molecular weight is 253 g/mol. The molecule has 0 aliphatic heterocycles. The predicted molar refractivity (Wildman–Crippen MR) is 65.3 cm³/mol. The van der Waals surface area contributed by atoms with Crippen LogP contribution in [0.4, 0.5) is 9.18 Å². The zero-order chi connectivity index (χ0) is 13.5. The normalized spacial score (nSPS) is 11.9. The highest BCUT2D eigenvalue weighted by atomic mass is 19.1. The van der Waals surface area contributed by atoms with Gasteiger partial charge >= 0.3 is 6.03 Å². The van der Waals surface area contributed by atoms with Gasteiger partial charge in [-0.15, -0.1) is 0 Å². The van der Waals surface area contributed by atoms with E-state index in [0.29, 0.717) is 13.0 Å². The highest BCUT2D eigenvalue weighted by molar-refractivity contribution is 5.96. The second-order valence-corrected chi connectivity index (χ2v) is 3.91. The maximum atomic E-state index is 12.9. The molecule has 5 nitrogen and oxygen atoms in total. The second kappa shape index (κ2) is 6.70. The summed E-state index contributed by atoms with van der Waals surface area (Å²) in [6.07, 6.45) is 0.589. The zero-order valence-electron chi connectivity index (χ0n) is 10.1. The lowest BCUT2D eigenvalue weighted by molar-refractivity contribution is -0.121. The number of benzene rings is 1. The first-order valence-corrected chi connectivity index (χ1v) is 5.57. The fourth-order valence-corrected chi connectivity index (χ4v) is 1.45. The van der Waals surface area contributed by atoms with E-state index in [1.54, 1.807) is 19.1 Å². The third-order valence-corrected chi connectivity index (χ3v) is 2.39. The molecule has 98 valence electrons. The molecule has 18 heavy (non-hydrogen) atoms. The van der Waals surface area contributed by atoms with E-state index in [1.165, 1.54) is 12.1 Å². The van der Waals surface area contributed by atoms with Crippen molar-refractivity contribution in [2.24, 2.45) is 5.73 Å². The number of nitrogens with one attached hydrogen (secondary N) is 2. The van der Waals surface area contributed by atoms with E-state index in [0.717, 1.165) is 5.56 Å². The van der Waals surface area contributed by atoms with Crippen LogP contribution in [0.2, 0.25) is 0 Å². The number of hydrogen-bond acceptors (Lipinski definition) is 3. The third kappa shape index (κ3) is 4.92. The molecule has 0 aliphatic carbocycles. The van der Waals surface area contributed by atoms with Gasteiger partial charge in [0.15, 0.2) is 0 Å². The van der Waals surface area contributed by atoms with Crippen LogP contribution in [-0.4, -0.2) is 24.5 Å². The smallest absolute Gasteiger partial charge is 0.318 e. The third-order valence-electron chi connectivity index (χ3n) is 2.39. The summed E-state index contributed by atoms with van der Waals surface area (Å²) in [7, 11) is 0. The van der Waals surface area contributed by atoms with Crippen LogP contribution >= 0.6 is 0 Å². The number of nitrogens with two attached hydrogens (primary N) is 1. The summed E-state index contributed by atoms with van der Waals surface area (Å²) in [6, 6.07) is 4.84. The topological polar surface area (TPSA) is 84.2 Å². The van der Waals surface area contributed by atoms with E-state index in [1.807, 2.05) is 5.32 Å². The summed E-state index contributed by atoms with van der Waals surface area (Å²) in [5.74, 6) is -0.770. The van der Waals surface area contributed by atoms with Crippen molar-refractivity contribution >= 4 is 11.9 Å². The molecule has 0 radical (unpaired) electrons. The number of halogens is 1. The van der Waals surface area contributed by atoms with Crippen molar-refractivity contribution in [2.75, 3.05) is 6.54 Å². The molecule has 0 saturated carbocycles. The Kier molecular flexibility index (Phi) is 5.26.